The maximum absolute atomic E-state index is 11.1. The molecule has 1 rings (SSSR count). The van der Waals surface area contributed by atoms with Crippen LogP contribution in [-0.4, -0.2) is 20.7 Å². The van der Waals surface area contributed by atoms with E-state index in [1.165, 1.54) is 0 Å². The van der Waals surface area contributed by atoms with E-state index in [1.54, 1.807) is 0 Å². The summed E-state index contributed by atoms with van der Waals surface area (Å²) in [6.45, 7) is 0.207. The first kappa shape index (κ1) is 10.2. The van der Waals surface area contributed by atoms with Crippen LogP contribution < -0.4 is 16.9 Å². The fourth-order valence-electron chi connectivity index (χ4n) is 0.915. The Hall–Kier alpha value is -1.92. The SMILES string of the molecule is NC(=O)CCCn1[c]n[nH]c(=O)c1=O. The smallest absolute Gasteiger partial charge is 0.330 e. The molecule has 14 heavy (non-hydrogen) atoms. The number of nitrogens with zero attached hydrogens (tertiary/aromatic N) is 2. The van der Waals surface area contributed by atoms with Crippen molar-refractivity contribution in [3.63, 3.8) is 0 Å². The third kappa shape index (κ3) is 2.54. The number of H-pyrrole nitrogens is 1. The molecule has 0 bridgehead atoms. The maximum Gasteiger partial charge on any atom is 0.330 e. The number of hydrogen-bond donors (Lipinski definition) is 2. The minimum Gasteiger partial charge on any atom is -0.370 e. The molecule has 0 aromatic carbocycles. The van der Waals surface area contributed by atoms with Gasteiger partial charge in [0.2, 0.25) is 12.2 Å². The molecule has 0 aliphatic carbocycles. The first-order chi connectivity index (χ1) is 6.61. The largest absolute Gasteiger partial charge is 0.370 e. The predicted octanol–water partition coefficient (Wildman–Crippen LogP) is -2.00. The molecule has 0 aliphatic rings. The van der Waals surface area contributed by atoms with Gasteiger partial charge >= 0.3 is 11.1 Å². The first-order valence-corrected chi connectivity index (χ1v) is 3.97. The monoisotopic (exact) mass is 197 g/mol. The van der Waals surface area contributed by atoms with Gasteiger partial charge in [-0.05, 0) is 6.42 Å². The number of hydrogen-bond acceptors (Lipinski definition) is 4. The molecular formula is C7H9N4O3. The summed E-state index contributed by atoms with van der Waals surface area (Å²) in [5.41, 5.74) is 3.37. The van der Waals surface area contributed by atoms with Crippen molar-refractivity contribution >= 4 is 5.91 Å². The van der Waals surface area contributed by atoms with Gasteiger partial charge in [0, 0.05) is 13.0 Å². The zero-order valence-corrected chi connectivity index (χ0v) is 7.32. The van der Waals surface area contributed by atoms with Crippen LogP contribution in [0.1, 0.15) is 12.8 Å². The molecule has 0 aliphatic heterocycles. The lowest BCUT2D eigenvalue weighted by molar-refractivity contribution is -0.118. The van der Waals surface area contributed by atoms with Crippen LogP contribution in [0.4, 0.5) is 0 Å². The molecule has 1 amide bonds. The molecule has 1 aromatic rings. The second kappa shape index (κ2) is 4.35. The molecule has 1 radical (unpaired) electrons. The van der Waals surface area contributed by atoms with Gasteiger partial charge < -0.3 is 5.73 Å². The number of carbonyl (C=O) groups excluding carboxylic acids is 1. The normalized spacial score (nSPS) is 10.0. The highest BCUT2D eigenvalue weighted by Gasteiger charge is 2.01. The Morgan fingerprint density at radius 1 is 1.57 bits per heavy atom. The van der Waals surface area contributed by atoms with Gasteiger partial charge in [-0.25, -0.2) is 5.10 Å². The summed E-state index contributed by atoms with van der Waals surface area (Å²) in [5, 5.41) is 5.28. The van der Waals surface area contributed by atoms with Crippen molar-refractivity contribution in [2.75, 3.05) is 0 Å². The van der Waals surface area contributed by atoms with Gasteiger partial charge in [0.1, 0.15) is 0 Å². The molecule has 0 atom stereocenters. The molecule has 0 fully saturated rings. The van der Waals surface area contributed by atoms with E-state index in [0.29, 0.717) is 6.42 Å². The highest BCUT2D eigenvalue weighted by Crippen LogP contribution is 1.88. The number of rotatable bonds is 4. The number of nitrogens with two attached hydrogens (primary N) is 1. The topological polar surface area (TPSA) is 111 Å². The maximum atomic E-state index is 11.1. The molecule has 0 saturated heterocycles. The molecule has 7 heteroatoms. The molecule has 0 spiro atoms. The van der Waals surface area contributed by atoms with Crippen LogP contribution in [0.15, 0.2) is 9.59 Å². The van der Waals surface area contributed by atoms with Gasteiger partial charge in [-0.3, -0.25) is 19.0 Å². The van der Waals surface area contributed by atoms with Crippen LogP contribution in [-0.2, 0) is 11.3 Å². The van der Waals surface area contributed by atoms with Gasteiger partial charge in [0.15, 0.2) is 0 Å². The standard InChI is InChI=1S/C7H9N4O3/c8-5(12)2-1-3-11-4-9-10-6(13)7(11)14/h1-3H2,(H2,8,12)(H,10,13). The molecule has 0 saturated carbocycles. The Kier molecular flexibility index (Phi) is 3.16. The highest BCUT2D eigenvalue weighted by atomic mass is 16.2. The number of aromatic amines is 1. The Labute approximate surface area is 78.6 Å². The van der Waals surface area contributed by atoms with Gasteiger partial charge in [0.25, 0.3) is 0 Å². The van der Waals surface area contributed by atoms with E-state index in [1.807, 2.05) is 5.10 Å². The number of amides is 1. The zero-order valence-electron chi connectivity index (χ0n) is 7.32. The molecule has 7 nitrogen and oxygen atoms in total. The summed E-state index contributed by atoms with van der Waals surface area (Å²) >= 11 is 0. The Morgan fingerprint density at radius 2 is 2.29 bits per heavy atom. The van der Waals surface area contributed by atoms with E-state index in [9.17, 15) is 14.4 Å². The number of carbonyl (C=O) groups is 1. The van der Waals surface area contributed by atoms with Crippen molar-refractivity contribution in [1.29, 1.82) is 0 Å². The lowest BCUT2D eigenvalue weighted by atomic mass is 10.3. The van der Waals surface area contributed by atoms with Crippen molar-refractivity contribution in [2.24, 2.45) is 5.73 Å². The highest BCUT2D eigenvalue weighted by molar-refractivity contribution is 5.73. The van der Waals surface area contributed by atoms with E-state index in [4.69, 9.17) is 5.73 Å². The van der Waals surface area contributed by atoms with Gasteiger partial charge in [-0.2, -0.15) is 5.10 Å². The molecule has 0 unspecified atom stereocenters. The van der Waals surface area contributed by atoms with Crippen LogP contribution in [0.2, 0.25) is 0 Å². The van der Waals surface area contributed by atoms with E-state index >= 15 is 0 Å². The number of nitrogens with one attached hydrogen (secondary N) is 1. The minimum atomic E-state index is -0.803. The van der Waals surface area contributed by atoms with Crippen molar-refractivity contribution in [1.82, 2.24) is 14.8 Å². The number of aryl methyl sites for hydroxylation is 1. The van der Waals surface area contributed by atoms with Crippen LogP contribution in [0.3, 0.4) is 0 Å². The van der Waals surface area contributed by atoms with Gasteiger partial charge in [-0.15, -0.1) is 0 Å². The fourth-order valence-corrected chi connectivity index (χ4v) is 0.915. The average molecular weight is 197 g/mol. The van der Waals surface area contributed by atoms with Crippen LogP contribution >= 0.6 is 0 Å². The second-order valence-electron chi connectivity index (χ2n) is 2.68. The van der Waals surface area contributed by atoms with Crippen molar-refractivity contribution in [3.05, 3.63) is 27.0 Å². The van der Waals surface area contributed by atoms with Crippen molar-refractivity contribution in [2.45, 2.75) is 19.4 Å². The van der Waals surface area contributed by atoms with Crippen LogP contribution in [0.5, 0.6) is 0 Å². The second-order valence-corrected chi connectivity index (χ2v) is 2.68. The summed E-state index contributed by atoms with van der Waals surface area (Å²) in [5.74, 6) is -0.448. The molecule has 75 valence electrons. The predicted molar refractivity (Wildman–Crippen MR) is 46.4 cm³/mol. The summed E-state index contributed by atoms with van der Waals surface area (Å²) in [4.78, 5) is 32.2. The lowest BCUT2D eigenvalue weighted by Gasteiger charge is -2.00. The van der Waals surface area contributed by atoms with Crippen LogP contribution in [0.25, 0.3) is 0 Å². The fraction of sp³-hybridized carbons (Fsp3) is 0.429. The van der Waals surface area contributed by atoms with E-state index in [0.717, 1.165) is 4.57 Å². The number of aromatic nitrogens is 3. The van der Waals surface area contributed by atoms with E-state index < -0.39 is 17.0 Å². The van der Waals surface area contributed by atoms with E-state index in [-0.39, 0.29) is 13.0 Å². The van der Waals surface area contributed by atoms with Crippen molar-refractivity contribution in [3.8, 4) is 0 Å². The summed E-state index contributed by atoms with van der Waals surface area (Å²) < 4.78 is 1.02. The van der Waals surface area contributed by atoms with Crippen molar-refractivity contribution < 1.29 is 4.79 Å². The third-order valence-corrected chi connectivity index (χ3v) is 1.57. The molecule has 3 N–H and O–H groups in total. The lowest BCUT2D eigenvalue weighted by Crippen LogP contribution is -2.37. The van der Waals surface area contributed by atoms with Gasteiger partial charge in [-0.1, -0.05) is 0 Å². The molecule has 1 heterocycles. The Bertz CT molecular complexity index is 433. The Balaban J connectivity index is 2.69. The average Bonchev–Trinajstić information content (AvgIpc) is 2.12. The van der Waals surface area contributed by atoms with Gasteiger partial charge in [0.05, 0.1) is 0 Å². The summed E-state index contributed by atoms with van der Waals surface area (Å²) in [6, 6.07) is 0. The molecule has 1 aromatic heterocycles. The van der Waals surface area contributed by atoms with E-state index in [2.05, 4.69) is 11.4 Å². The minimum absolute atomic E-state index is 0.160. The summed E-state index contributed by atoms with van der Waals surface area (Å²) in [6.07, 6.45) is 2.84. The third-order valence-electron chi connectivity index (χ3n) is 1.57. The first-order valence-electron chi connectivity index (χ1n) is 3.97. The zero-order chi connectivity index (χ0) is 10.6. The quantitative estimate of drug-likeness (QED) is 0.543. The molecular weight excluding hydrogens is 188 g/mol. The van der Waals surface area contributed by atoms with Crippen LogP contribution in [0, 0.1) is 6.33 Å². The Morgan fingerprint density at radius 3 is 2.93 bits per heavy atom. The summed E-state index contributed by atoms with van der Waals surface area (Å²) in [7, 11) is 0. The number of primary amides is 1.